The standard InChI is InChI=1S/C18H27N3O3/c1-12(2)9-10-19-18(23)14-5-4-6-15(14)21-17(22)13-7-8-16(24-3)20-11-13/h7-8,11-12,14-15H,4-6,9-10H2,1-3H3,(H,19,23)(H,21,22)/t14-,15+/m0/s1. The van der Waals surface area contributed by atoms with E-state index in [1.54, 1.807) is 12.1 Å². The molecule has 1 heterocycles. The van der Waals surface area contributed by atoms with Crippen LogP contribution in [0.25, 0.3) is 0 Å². The van der Waals surface area contributed by atoms with E-state index in [0.717, 1.165) is 25.7 Å². The van der Waals surface area contributed by atoms with Gasteiger partial charge in [-0.1, -0.05) is 20.3 Å². The lowest BCUT2D eigenvalue weighted by molar-refractivity contribution is -0.125. The molecule has 0 aliphatic heterocycles. The molecule has 1 aliphatic carbocycles. The number of carbonyl (C=O) groups excluding carboxylic acids is 2. The smallest absolute Gasteiger partial charge is 0.253 e. The third-order valence-electron chi connectivity index (χ3n) is 4.40. The van der Waals surface area contributed by atoms with Crippen molar-refractivity contribution in [2.75, 3.05) is 13.7 Å². The molecule has 2 amide bonds. The van der Waals surface area contributed by atoms with E-state index in [4.69, 9.17) is 4.74 Å². The third-order valence-corrected chi connectivity index (χ3v) is 4.40. The summed E-state index contributed by atoms with van der Waals surface area (Å²) in [6, 6.07) is 3.21. The zero-order chi connectivity index (χ0) is 17.5. The molecular weight excluding hydrogens is 306 g/mol. The van der Waals surface area contributed by atoms with Gasteiger partial charge < -0.3 is 15.4 Å². The van der Waals surface area contributed by atoms with E-state index in [-0.39, 0.29) is 23.8 Å². The number of nitrogens with one attached hydrogen (secondary N) is 2. The quantitative estimate of drug-likeness (QED) is 0.801. The van der Waals surface area contributed by atoms with Crippen LogP contribution < -0.4 is 15.4 Å². The van der Waals surface area contributed by atoms with E-state index in [0.29, 0.717) is 23.9 Å². The molecule has 2 atom stereocenters. The summed E-state index contributed by atoms with van der Waals surface area (Å²) in [7, 11) is 1.53. The van der Waals surface area contributed by atoms with Gasteiger partial charge in [-0.15, -0.1) is 0 Å². The number of amides is 2. The first-order valence-corrected chi connectivity index (χ1v) is 8.60. The second kappa shape index (κ2) is 8.66. The molecule has 2 N–H and O–H groups in total. The second-order valence-corrected chi connectivity index (χ2v) is 6.68. The van der Waals surface area contributed by atoms with Crippen LogP contribution in [0.3, 0.4) is 0 Å². The SMILES string of the molecule is COc1ccc(C(=O)N[C@@H]2CCC[C@@H]2C(=O)NCCC(C)C)cn1. The van der Waals surface area contributed by atoms with Gasteiger partial charge in [-0.3, -0.25) is 9.59 Å². The number of rotatable bonds is 7. The van der Waals surface area contributed by atoms with Crippen LogP contribution in [0.5, 0.6) is 5.88 Å². The van der Waals surface area contributed by atoms with Crippen LogP contribution >= 0.6 is 0 Å². The summed E-state index contributed by atoms with van der Waals surface area (Å²) in [6.45, 7) is 4.96. The van der Waals surface area contributed by atoms with Crippen LogP contribution in [0.4, 0.5) is 0 Å². The molecule has 0 aromatic carbocycles. The molecule has 0 bridgehead atoms. The van der Waals surface area contributed by atoms with Gasteiger partial charge in [0.05, 0.1) is 18.6 Å². The van der Waals surface area contributed by atoms with E-state index in [9.17, 15) is 9.59 Å². The molecule has 6 heteroatoms. The Balaban J connectivity index is 1.89. The largest absolute Gasteiger partial charge is 0.481 e. The molecule has 24 heavy (non-hydrogen) atoms. The molecule has 1 aliphatic rings. The van der Waals surface area contributed by atoms with E-state index in [1.165, 1.54) is 13.3 Å². The molecule has 0 radical (unpaired) electrons. The number of hydrogen-bond donors (Lipinski definition) is 2. The summed E-state index contributed by atoms with van der Waals surface area (Å²) in [6.07, 6.45) is 5.05. The predicted octanol–water partition coefficient (Wildman–Crippen LogP) is 2.15. The number of carbonyl (C=O) groups is 2. The van der Waals surface area contributed by atoms with Crippen molar-refractivity contribution in [1.82, 2.24) is 15.6 Å². The number of pyridine rings is 1. The summed E-state index contributed by atoms with van der Waals surface area (Å²) in [4.78, 5) is 28.7. The highest BCUT2D eigenvalue weighted by Crippen LogP contribution is 2.26. The predicted molar refractivity (Wildman–Crippen MR) is 91.8 cm³/mol. The second-order valence-electron chi connectivity index (χ2n) is 6.68. The Bertz CT molecular complexity index is 557. The number of hydrogen-bond acceptors (Lipinski definition) is 4. The third kappa shape index (κ3) is 4.94. The molecule has 1 fully saturated rings. The van der Waals surface area contributed by atoms with Gasteiger partial charge >= 0.3 is 0 Å². The van der Waals surface area contributed by atoms with Crippen LogP contribution in [-0.2, 0) is 4.79 Å². The van der Waals surface area contributed by atoms with Gasteiger partial charge in [-0.2, -0.15) is 0 Å². The van der Waals surface area contributed by atoms with Gasteiger partial charge in [0, 0.05) is 24.8 Å². The maximum atomic E-state index is 12.3. The van der Waals surface area contributed by atoms with Crippen molar-refractivity contribution in [3.63, 3.8) is 0 Å². The van der Waals surface area contributed by atoms with Crippen molar-refractivity contribution in [2.24, 2.45) is 11.8 Å². The summed E-state index contributed by atoms with van der Waals surface area (Å²) >= 11 is 0. The monoisotopic (exact) mass is 333 g/mol. The fourth-order valence-corrected chi connectivity index (χ4v) is 2.95. The van der Waals surface area contributed by atoms with Gasteiger partial charge in [0.1, 0.15) is 0 Å². The van der Waals surface area contributed by atoms with Crippen LogP contribution in [0.1, 0.15) is 49.9 Å². The van der Waals surface area contributed by atoms with Crippen molar-refractivity contribution < 1.29 is 14.3 Å². The molecule has 1 saturated carbocycles. The van der Waals surface area contributed by atoms with Crippen LogP contribution in [0.2, 0.25) is 0 Å². The van der Waals surface area contributed by atoms with Crippen LogP contribution in [0.15, 0.2) is 18.3 Å². The van der Waals surface area contributed by atoms with Gasteiger partial charge in [0.2, 0.25) is 11.8 Å². The number of methoxy groups -OCH3 is 1. The lowest BCUT2D eigenvalue weighted by atomic mass is 10.0. The molecule has 2 rings (SSSR count). The van der Waals surface area contributed by atoms with Gasteiger partial charge in [0.25, 0.3) is 5.91 Å². The minimum Gasteiger partial charge on any atom is -0.481 e. The molecule has 132 valence electrons. The van der Waals surface area contributed by atoms with Crippen molar-refractivity contribution in [1.29, 1.82) is 0 Å². The van der Waals surface area contributed by atoms with Gasteiger partial charge in [-0.25, -0.2) is 4.98 Å². The van der Waals surface area contributed by atoms with E-state index < -0.39 is 0 Å². The van der Waals surface area contributed by atoms with Gasteiger partial charge in [0.15, 0.2) is 0 Å². The van der Waals surface area contributed by atoms with E-state index in [1.807, 2.05) is 0 Å². The molecule has 1 aromatic rings. The molecular formula is C18H27N3O3. The zero-order valence-corrected chi connectivity index (χ0v) is 14.7. The van der Waals surface area contributed by atoms with Crippen molar-refractivity contribution >= 4 is 11.8 Å². The fourth-order valence-electron chi connectivity index (χ4n) is 2.95. The zero-order valence-electron chi connectivity index (χ0n) is 14.7. The maximum absolute atomic E-state index is 12.3. The first kappa shape index (κ1) is 18.2. The fraction of sp³-hybridized carbons (Fsp3) is 0.611. The highest BCUT2D eigenvalue weighted by molar-refractivity contribution is 5.94. The molecule has 0 spiro atoms. The number of ether oxygens (including phenoxy) is 1. The first-order chi connectivity index (χ1) is 11.5. The Morgan fingerprint density at radius 2 is 2.12 bits per heavy atom. The van der Waals surface area contributed by atoms with Gasteiger partial charge in [-0.05, 0) is 31.2 Å². The molecule has 0 unspecified atom stereocenters. The van der Waals surface area contributed by atoms with Crippen molar-refractivity contribution in [3.8, 4) is 5.88 Å². The lowest BCUT2D eigenvalue weighted by Gasteiger charge is -2.21. The first-order valence-electron chi connectivity index (χ1n) is 8.60. The van der Waals surface area contributed by atoms with Crippen molar-refractivity contribution in [3.05, 3.63) is 23.9 Å². The number of aromatic nitrogens is 1. The minimum absolute atomic E-state index is 0.0475. The lowest BCUT2D eigenvalue weighted by Crippen LogP contribution is -2.44. The Hall–Kier alpha value is -2.11. The summed E-state index contributed by atoms with van der Waals surface area (Å²) in [5.74, 6) is 0.734. The van der Waals surface area contributed by atoms with Crippen LogP contribution in [0, 0.1) is 11.8 Å². The summed E-state index contributed by atoms with van der Waals surface area (Å²) < 4.78 is 4.99. The highest BCUT2D eigenvalue weighted by atomic mass is 16.5. The molecule has 0 saturated heterocycles. The summed E-state index contributed by atoms with van der Waals surface area (Å²) in [5, 5.41) is 5.98. The molecule has 6 nitrogen and oxygen atoms in total. The Morgan fingerprint density at radius 3 is 2.75 bits per heavy atom. The van der Waals surface area contributed by atoms with E-state index >= 15 is 0 Å². The molecule has 1 aromatic heterocycles. The van der Waals surface area contributed by atoms with E-state index in [2.05, 4.69) is 29.5 Å². The Kier molecular flexibility index (Phi) is 6.58. The average molecular weight is 333 g/mol. The average Bonchev–Trinajstić information content (AvgIpc) is 3.02. The topological polar surface area (TPSA) is 80.3 Å². The van der Waals surface area contributed by atoms with Crippen molar-refractivity contribution in [2.45, 2.75) is 45.6 Å². The Morgan fingerprint density at radius 1 is 1.33 bits per heavy atom. The normalized spacial score (nSPS) is 20.0. The summed E-state index contributed by atoms with van der Waals surface area (Å²) in [5.41, 5.74) is 0.474. The van der Waals surface area contributed by atoms with Crippen LogP contribution in [-0.4, -0.2) is 36.5 Å². The minimum atomic E-state index is -0.197. The Labute approximate surface area is 143 Å². The number of nitrogens with zero attached hydrogens (tertiary/aromatic N) is 1. The maximum Gasteiger partial charge on any atom is 0.253 e. The highest BCUT2D eigenvalue weighted by Gasteiger charge is 2.34.